The molecule has 0 aliphatic heterocycles. The Hall–Kier alpha value is -1.49. The fraction of sp³-hybridized carbons (Fsp3) is 0.385. The van der Waals surface area contributed by atoms with E-state index in [1.54, 1.807) is 24.3 Å². The van der Waals surface area contributed by atoms with Crippen molar-refractivity contribution in [2.24, 2.45) is 0 Å². The molecule has 0 saturated carbocycles. The normalized spacial score (nSPS) is 9.89. The number of carbonyl (C=O) groups is 2. The third-order valence-electron chi connectivity index (χ3n) is 2.32. The highest BCUT2D eigenvalue weighted by Gasteiger charge is 2.06. The number of amides is 2. The molecule has 0 atom stereocenters. The van der Waals surface area contributed by atoms with Crippen LogP contribution in [0.4, 0.5) is 0 Å². The van der Waals surface area contributed by atoms with Crippen molar-refractivity contribution in [3.8, 4) is 0 Å². The van der Waals surface area contributed by atoms with Crippen LogP contribution < -0.4 is 10.6 Å². The van der Waals surface area contributed by atoms with Gasteiger partial charge in [0, 0.05) is 30.0 Å². The van der Waals surface area contributed by atoms with Gasteiger partial charge in [-0.25, -0.2) is 0 Å². The highest BCUT2D eigenvalue weighted by atomic mass is 32.1. The van der Waals surface area contributed by atoms with E-state index in [2.05, 4.69) is 23.3 Å². The number of hydrogen-bond donors (Lipinski definition) is 3. The summed E-state index contributed by atoms with van der Waals surface area (Å²) in [5.41, 5.74) is 0.552. The summed E-state index contributed by atoms with van der Waals surface area (Å²) in [6.45, 7) is 3.01. The standard InChI is InChI=1S/C13H18N2O2S/c1-2-7-14-12(16)6-8-15-13(17)10-4-3-5-11(18)9-10/h3-5,9,18H,2,6-8H2,1H3,(H,14,16)(H,15,17). The minimum Gasteiger partial charge on any atom is -0.356 e. The van der Waals surface area contributed by atoms with Gasteiger partial charge in [0.05, 0.1) is 0 Å². The molecular formula is C13H18N2O2S. The average molecular weight is 266 g/mol. The molecule has 18 heavy (non-hydrogen) atoms. The van der Waals surface area contributed by atoms with Gasteiger partial charge < -0.3 is 10.6 Å². The number of thiol groups is 1. The van der Waals surface area contributed by atoms with Gasteiger partial charge in [-0.2, -0.15) is 0 Å². The number of carbonyl (C=O) groups excluding carboxylic acids is 2. The first-order valence-corrected chi connectivity index (χ1v) is 6.42. The van der Waals surface area contributed by atoms with Crippen LogP contribution >= 0.6 is 12.6 Å². The van der Waals surface area contributed by atoms with Crippen molar-refractivity contribution in [2.75, 3.05) is 13.1 Å². The van der Waals surface area contributed by atoms with Crippen LogP contribution in [0.2, 0.25) is 0 Å². The molecule has 98 valence electrons. The van der Waals surface area contributed by atoms with E-state index in [-0.39, 0.29) is 11.8 Å². The number of benzene rings is 1. The molecular weight excluding hydrogens is 248 g/mol. The van der Waals surface area contributed by atoms with E-state index in [1.807, 2.05) is 6.92 Å². The first-order valence-electron chi connectivity index (χ1n) is 5.97. The summed E-state index contributed by atoms with van der Waals surface area (Å²) in [6, 6.07) is 6.98. The zero-order valence-corrected chi connectivity index (χ0v) is 11.3. The summed E-state index contributed by atoms with van der Waals surface area (Å²) in [7, 11) is 0. The molecule has 0 radical (unpaired) electrons. The van der Waals surface area contributed by atoms with Crippen LogP contribution in [-0.2, 0) is 4.79 Å². The van der Waals surface area contributed by atoms with Gasteiger partial charge in [-0.05, 0) is 24.6 Å². The van der Waals surface area contributed by atoms with Crippen molar-refractivity contribution in [2.45, 2.75) is 24.7 Å². The molecule has 0 aliphatic carbocycles. The van der Waals surface area contributed by atoms with Crippen LogP contribution in [0, 0.1) is 0 Å². The first kappa shape index (κ1) is 14.6. The molecule has 0 saturated heterocycles. The van der Waals surface area contributed by atoms with Crippen molar-refractivity contribution in [1.82, 2.24) is 10.6 Å². The fourth-order valence-corrected chi connectivity index (χ4v) is 1.62. The molecule has 2 amide bonds. The summed E-state index contributed by atoms with van der Waals surface area (Å²) in [6.07, 6.45) is 1.21. The topological polar surface area (TPSA) is 58.2 Å². The molecule has 0 aliphatic rings. The molecule has 1 aromatic rings. The molecule has 5 heteroatoms. The van der Waals surface area contributed by atoms with Crippen molar-refractivity contribution in [3.05, 3.63) is 29.8 Å². The van der Waals surface area contributed by atoms with Gasteiger partial charge in [-0.15, -0.1) is 12.6 Å². The van der Waals surface area contributed by atoms with E-state index in [1.165, 1.54) is 0 Å². The predicted octanol–water partition coefficient (Wildman–Crippen LogP) is 1.62. The molecule has 2 N–H and O–H groups in total. The lowest BCUT2D eigenvalue weighted by Gasteiger charge is -2.06. The van der Waals surface area contributed by atoms with E-state index in [0.29, 0.717) is 25.1 Å². The van der Waals surface area contributed by atoms with Crippen molar-refractivity contribution in [3.63, 3.8) is 0 Å². The molecule has 0 aromatic heterocycles. The average Bonchev–Trinajstić information content (AvgIpc) is 2.36. The van der Waals surface area contributed by atoms with E-state index in [0.717, 1.165) is 11.3 Å². The third-order valence-corrected chi connectivity index (χ3v) is 2.60. The van der Waals surface area contributed by atoms with Gasteiger partial charge in [-0.1, -0.05) is 13.0 Å². The first-order chi connectivity index (χ1) is 8.63. The minimum absolute atomic E-state index is 0.0416. The molecule has 1 rings (SSSR count). The molecule has 0 heterocycles. The lowest BCUT2D eigenvalue weighted by Crippen LogP contribution is -2.31. The second-order valence-electron chi connectivity index (χ2n) is 3.91. The molecule has 0 fully saturated rings. The number of nitrogens with one attached hydrogen (secondary N) is 2. The highest BCUT2D eigenvalue weighted by molar-refractivity contribution is 7.80. The molecule has 4 nitrogen and oxygen atoms in total. The maximum Gasteiger partial charge on any atom is 0.251 e. The second-order valence-corrected chi connectivity index (χ2v) is 4.42. The Morgan fingerprint density at radius 3 is 2.67 bits per heavy atom. The van der Waals surface area contributed by atoms with E-state index in [4.69, 9.17) is 0 Å². The van der Waals surface area contributed by atoms with Gasteiger partial charge in [0.2, 0.25) is 5.91 Å². The van der Waals surface area contributed by atoms with Crippen molar-refractivity contribution >= 4 is 24.4 Å². The summed E-state index contributed by atoms with van der Waals surface area (Å²) in [4.78, 5) is 23.8. The van der Waals surface area contributed by atoms with Gasteiger partial charge >= 0.3 is 0 Å². The summed E-state index contributed by atoms with van der Waals surface area (Å²) in [5.74, 6) is -0.228. The van der Waals surface area contributed by atoms with Crippen molar-refractivity contribution in [1.29, 1.82) is 0 Å². The highest BCUT2D eigenvalue weighted by Crippen LogP contribution is 2.08. The van der Waals surface area contributed by atoms with Crippen LogP contribution in [0.3, 0.4) is 0 Å². The van der Waals surface area contributed by atoms with Crippen LogP contribution in [0.1, 0.15) is 30.1 Å². The maximum absolute atomic E-state index is 11.7. The fourth-order valence-electron chi connectivity index (χ4n) is 1.39. The summed E-state index contributed by atoms with van der Waals surface area (Å²) >= 11 is 4.17. The SMILES string of the molecule is CCCNC(=O)CCNC(=O)c1cccc(S)c1. The Balaban J connectivity index is 2.31. The van der Waals surface area contributed by atoms with E-state index < -0.39 is 0 Å². The minimum atomic E-state index is -0.186. The quantitative estimate of drug-likeness (QED) is 0.685. The van der Waals surface area contributed by atoms with Crippen LogP contribution in [0.5, 0.6) is 0 Å². The molecule has 0 unspecified atom stereocenters. The Labute approximate surface area is 113 Å². The number of hydrogen-bond acceptors (Lipinski definition) is 3. The van der Waals surface area contributed by atoms with Crippen molar-refractivity contribution < 1.29 is 9.59 Å². The summed E-state index contributed by atoms with van der Waals surface area (Å²) in [5, 5.41) is 5.45. The Morgan fingerprint density at radius 2 is 2.00 bits per heavy atom. The van der Waals surface area contributed by atoms with Gasteiger partial charge in [0.1, 0.15) is 0 Å². The zero-order valence-electron chi connectivity index (χ0n) is 10.4. The predicted molar refractivity (Wildman–Crippen MR) is 73.9 cm³/mol. The molecule has 0 bridgehead atoms. The Bertz CT molecular complexity index is 421. The van der Waals surface area contributed by atoms with Gasteiger partial charge in [0.25, 0.3) is 5.91 Å². The smallest absolute Gasteiger partial charge is 0.251 e. The van der Waals surface area contributed by atoms with E-state index in [9.17, 15) is 9.59 Å². The zero-order chi connectivity index (χ0) is 13.4. The van der Waals surface area contributed by atoms with Crippen LogP contribution in [-0.4, -0.2) is 24.9 Å². The monoisotopic (exact) mass is 266 g/mol. The number of rotatable bonds is 6. The Morgan fingerprint density at radius 1 is 1.22 bits per heavy atom. The molecule has 0 spiro atoms. The van der Waals surface area contributed by atoms with Crippen LogP contribution in [0.15, 0.2) is 29.2 Å². The largest absolute Gasteiger partial charge is 0.356 e. The third kappa shape index (κ3) is 5.23. The lowest BCUT2D eigenvalue weighted by atomic mass is 10.2. The van der Waals surface area contributed by atoms with Gasteiger partial charge in [0.15, 0.2) is 0 Å². The molecule has 1 aromatic carbocycles. The summed E-state index contributed by atoms with van der Waals surface area (Å²) < 4.78 is 0. The van der Waals surface area contributed by atoms with E-state index >= 15 is 0 Å². The van der Waals surface area contributed by atoms with Gasteiger partial charge in [-0.3, -0.25) is 9.59 Å². The van der Waals surface area contributed by atoms with Crippen LogP contribution in [0.25, 0.3) is 0 Å². The Kier molecular flexibility index (Phi) is 6.28. The maximum atomic E-state index is 11.7. The lowest BCUT2D eigenvalue weighted by molar-refractivity contribution is -0.120. The second kappa shape index (κ2) is 7.76.